The standard InChI is InChI=1S/C13H17ClFNS/c1-13(5-2-6-17-13)9-16-8-10-3-4-11(14)12(15)7-10/h3-4,7,16H,2,5-6,8-9H2,1H3. The lowest BCUT2D eigenvalue weighted by molar-refractivity contribution is 0.535. The van der Waals surface area contributed by atoms with Crippen molar-refractivity contribution in [1.29, 1.82) is 0 Å². The number of hydrogen-bond donors (Lipinski definition) is 1. The van der Waals surface area contributed by atoms with Gasteiger partial charge in [-0.1, -0.05) is 17.7 Å². The van der Waals surface area contributed by atoms with Crippen molar-refractivity contribution in [3.8, 4) is 0 Å². The zero-order valence-electron chi connectivity index (χ0n) is 9.93. The third-order valence-electron chi connectivity index (χ3n) is 3.11. The summed E-state index contributed by atoms with van der Waals surface area (Å²) in [5.74, 6) is 0.917. The molecule has 1 aromatic rings. The van der Waals surface area contributed by atoms with E-state index in [1.165, 1.54) is 24.7 Å². The van der Waals surface area contributed by atoms with Crippen LogP contribution >= 0.6 is 23.4 Å². The summed E-state index contributed by atoms with van der Waals surface area (Å²) >= 11 is 7.67. The maximum absolute atomic E-state index is 13.2. The van der Waals surface area contributed by atoms with E-state index in [1.807, 2.05) is 17.8 Å². The molecule has 2 rings (SSSR count). The van der Waals surface area contributed by atoms with Crippen molar-refractivity contribution >= 4 is 23.4 Å². The van der Waals surface area contributed by atoms with E-state index in [9.17, 15) is 4.39 Å². The Hall–Kier alpha value is -0.250. The Morgan fingerprint density at radius 1 is 1.53 bits per heavy atom. The lowest BCUT2D eigenvalue weighted by Gasteiger charge is -2.23. The lowest BCUT2D eigenvalue weighted by Crippen LogP contribution is -2.32. The first kappa shape index (κ1) is 13.2. The van der Waals surface area contributed by atoms with E-state index in [-0.39, 0.29) is 10.8 Å². The highest BCUT2D eigenvalue weighted by atomic mass is 35.5. The van der Waals surface area contributed by atoms with Gasteiger partial charge in [-0.05, 0) is 43.2 Å². The van der Waals surface area contributed by atoms with Gasteiger partial charge in [0.15, 0.2) is 0 Å². The van der Waals surface area contributed by atoms with Crippen LogP contribution in [0.4, 0.5) is 4.39 Å². The van der Waals surface area contributed by atoms with Gasteiger partial charge in [0.2, 0.25) is 0 Å². The summed E-state index contributed by atoms with van der Waals surface area (Å²) in [5.41, 5.74) is 0.943. The van der Waals surface area contributed by atoms with Crippen LogP contribution in [0.1, 0.15) is 25.3 Å². The van der Waals surface area contributed by atoms with Crippen molar-refractivity contribution in [1.82, 2.24) is 5.32 Å². The molecule has 0 saturated carbocycles. The SMILES string of the molecule is CC1(CNCc2ccc(Cl)c(F)c2)CCCS1. The maximum atomic E-state index is 13.2. The Labute approximate surface area is 111 Å². The molecule has 1 N–H and O–H groups in total. The molecule has 17 heavy (non-hydrogen) atoms. The van der Waals surface area contributed by atoms with Crippen molar-refractivity contribution in [2.24, 2.45) is 0 Å². The zero-order chi connectivity index (χ0) is 12.3. The third-order valence-corrected chi connectivity index (χ3v) is 4.96. The van der Waals surface area contributed by atoms with E-state index in [0.29, 0.717) is 11.3 Å². The van der Waals surface area contributed by atoms with Gasteiger partial charge in [-0.25, -0.2) is 4.39 Å². The minimum Gasteiger partial charge on any atom is -0.311 e. The number of halogens is 2. The van der Waals surface area contributed by atoms with Crippen LogP contribution < -0.4 is 5.32 Å². The largest absolute Gasteiger partial charge is 0.311 e. The van der Waals surface area contributed by atoms with Crippen molar-refractivity contribution in [2.75, 3.05) is 12.3 Å². The van der Waals surface area contributed by atoms with Gasteiger partial charge < -0.3 is 5.32 Å². The molecule has 1 unspecified atom stereocenters. The van der Waals surface area contributed by atoms with Gasteiger partial charge in [0.1, 0.15) is 5.82 Å². The van der Waals surface area contributed by atoms with E-state index in [4.69, 9.17) is 11.6 Å². The van der Waals surface area contributed by atoms with Crippen molar-refractivity contribution in [2.45, 2.75) is 31.1 Å². The summed E-state index contributed by atoms with van der Waals surface area (Å²) in [4.78, 5) is 0. The molecule has 1 heterocycles. The molecule has 1 aromatic carbocycles. The van der Waals surface area contributed by atoms with Crippen molar-refractivity contribution in [3.63, 3.8) is 0 Å². The fraction of sp³-hybridized carbons (Fsp3) is 0.538. The molecule has 0 spiro atoms. The summed E-state index contributed by atoms with van der Waals surface area (Å²) in [7, 11) is 0. The van der Waals surface area contributed by atoms with Gasteiger partial charge in [-0.15, -0.1) is 0 Å². The molecule has 1 aliphatic rings. The van der Waals surface area contributed by atoms with Crippen LogP contribution in [-0.4, -0.2) is 17.0 Å². The van der Waals surface area contributed by atoms with Crippen LogP contribution in [-0.2, 0) is 6.54 Å². The summed E-state index contributed by atoms with van der Waals surface area (Å²) in [6.07, 6.45) is 2.57. The fourth-order valence-electron chi connectivity index (χ4n) is 2.10. The van der Waals surface area contributed by atoms with Gasteiger partial charge >= 0.3 is 0 Å². The molecule has 0 radical (unpaired) electrons. The number of hydrogen-bond acceptors (Lipinski definition) is 2. The van der Waals surface area contributed by atoms with Crippen LogP contribution in [0.25, 0.3) is 0 Å². The van der Waals surface area contributed by atoms with Crippen molar-refractivity contribution < 1.29 is 4.39 Å². The minimum atomic E-state index is -0.340. The first-order chi connectivity index (χ1) is 8.09. The Balaban J connectivity index is 1.83. The lowest BCUT2D eigenvalue weighted by atomic mass is 10.1. The number of nitrogens with one attached hydrogen (secondary N) is 1. The molecule has 1 nitrogen and oxygen atoms in total. The normalized spacial score (nSPS) is 24.2. The van der Waals surface area contributed by atoms with Crippen LogP contribution in [0.15, 0.2) is 18.2 Å². The molecule has 1 atom stereocenters. The van der Waals surface area contributed by atoms with Gasteiger partial charge in [0.25, 0.3) is 0 Å². The second-order valence-electron chi connectivity index (χ2n) is 4.75. The summed E-state index contributed by atoms with van der Waals surface area (Å²) in [6.45, 7) is 3.96. The van der Waals surface area contributed by atoms with Gasteiger partial charge in [-0.2, -0.15) is 11.8 Å². The molecule has 0 bridgehead atoms. The van der Waals surface area contributed by atoms with Crippen LogP contribution in [0, 0.1) is 5.82 Å². The molecule has 4 heteroatoms. The molecule has 1 saturated heterocycles. The molecular formula is C13H17ClFNS. The molecule has 1 aliphatic heterocycles. The highest BCUT2D eigenvalue weighted by Gasteiger charge is 2.28. The summed E-state index contributed by atoms with van der Waals surface area (Å²) in [6, 6.07) is 4.97. The average molecular weight is 274 g/mol. The van der Waals surface area contributed by atoms with Gasteiger partial charge in [0, 0.05) is 17.8 Å². The van der Waals surface area contributed by atoms with Crippen LogP contribution in [0.3, 0.4) is 0 Å². The Morgan fingerprint density at radius 3 is 3.00 bits per heavy atom. The first-order valence-electron chi connectivity index (χ1n) is 5.88. The van der Waals surface area contributed by atoms with E-state index in [2.05, 4.69) is 12.2 Å². The van der Waals surface area contributed by atoms with E-state index in [0.717, 1.165) is 12.1 Å². The number of thioether (sulfide) groups is 1. The topological polar surface area (TPSA) is 12.0 Å². The smallest absolute Gasteiger partial charge is 0.142 e. The predicted molar refractivity (Wildman–Crippen MR) is 73.2 cm³/mol. The first-order valence-corrected chi connectivity index (χ1v) is 7.24. The van der Waals surface area contributed by atoms with Gasteiger partial charge in [-0.3, -0.25) is 0 Å². The average Bonchev–Trinajstić information content (AvgIpc) is 2.71. The van der Waals surface area contributed by atoms with E-state index in [1.54, 1.807) is 6.07 Å². The Morgan fingerprint density at radius 2 is 2.35 bits per heavy atom. The van der Waals surface area contributed by atoms with Gasteiger partial charge in [0.05, 0.1) is 5.02 Å². The number of benzene rings is 1. The highest BCUT2D eigenvalue weighted by molar-refractivity contribution is 8.00. The molecule has 0 aliphatic carbocycles. The second-order valence-corrected chi connectivity index (χ2v) is 6.84. The molecular weight excluding hydrogens is 257 g/mol. The number of rotatable bonds is 4. The van der Waals surface area contributed by atoms with Crippen LogP contribution in [0.2, 0.25) is 5.02 Å². The Bertz CT molecular complexity index is 391. The monoisotopic (exact) mass is 273 g/mol. The zero-order valence-corrected chi connectivity index (χ0v) is 11.5. The Kier molecular flexibility index (Phi) is 4.34. The quantitative estimate of drug-likeness (QED) is 0.894. The molecule has 0 aromatic heterocycles. The van der Waals surface area contributed by atoms with Crippen LogP contribution in [0.5, 0.6) is 0 Å². The van der Waals surface area contributed by atoms with E-state index < -0.39 is 0 Å². The maximum Gasteiger partial charge on any atom is 0.142 e. The highest BCUT2D eigenvalue weighted by Crippen LogP contribution is 2.36. The molecule has 1 fully saturated rings. The summed E-state index contributed by atoms with van der Waals surface area (Å²) in [5, 5.41) is 3.59. The fourth-order valence-corrected chi connectivity index (χ4v) is 3.49. The minimum absolute atomic E-state index is 0.187. The summed E-state index contributed by atoms with van der Waals surface area (Å²) < 4.78 is 13.6. The van der Waals surface area contributed by atoms with E-state index >= 15 is 0 Å². The van der Waals surface area contributed by atoms with Crippen molar-refractivity contribution in [3.05, 3.63) is 34.6 Å². The second kappa shape index (κ2) is 5.59. The third kappa shape index (κ3) is 3.60. The predicted octanol–water partition coefficient (Wildman–Crippen LogP) is 3.85. The molecule has 0 amide bonds. The molecule has 94 valence electrons.